The van der Waals surface area contributed by atoms with Crippen LogP contribution in [0, 0.1) is 5.92 Å². The van der Waals surface area contributed by atoms with Gasteiger partial charge < -0.3 is 15.0 Å². The van der Waals surface area contributed by atoms with Crippen molar-refractivity contribution in [2.75, 3.05) is 11.9 Å². The van der Waals surface area contributed by atoms with Crippen molar-refractivity contribution in [3.8, 4) is 5.75 Å². The highest BCUT2D eigenvalue weighted by Crippen LogP contribution is 2.29. The Balaban J connectivity index is 2.15. The van der Waals surface area contributed by atoms with Crippen LogP contribution in [0.3, 0.4) is 0 Å². The summed E-state index contributed by atoms with van der Waals surface area (Å²) in [4.78, 5) is 25.5. The summed E-state index contributed by atoms with van der Waals surface area (Å²) in [5.41, 5.74) is -2.54. The predicted octanol–water partition coefficient (Wildman–Crippen LogP) is 4.33. The number of aromatic amines is 1. The number of benzene rings is 1. The summed E-state index contributed by atoms with van der Waals surface area (Å²) >= 11 is 6.08. The van der Waals surface area contributed by atoms with Crippen molar-refractivity contribution in [2.45, 2.75) is 20.0 Å². The Morgan fingerprint density at radius 2 is 1.96 bits per heavy atom. The summed E-state index contributed by atoms with van der Waals surface area (Å²) in [5.74, 6) is -0.116. The molecule has 0 atom stereocenters. The molecule has 0 bridgehead atoms. The topological polar surface area (TPSA) is 71.2 Å². The first-order valence-electron chi connectivity index (χ1n) is 7.62. The third-order valence-electron chi connectivity index (χ3n) is 3.22. The van der Waals surface area contributed by atoms with Crippen LogP contribution in [0.25, 0.3) is 0 Å². The lowest BCUT2D eigenvalue weighted by Gasteiger charge is -2.12. The number of H-pyrrole nitrogens is 1. The summed E-state index contributed by atoms with van der Waals surface area (Å²) in [6, 6.07) is 5.94. The van der Waals surface area contributed by atoms with E-state index >= 15 is 0 Å². The van der Waals surface area contributed by atoms with Gasteiger partial charge >= 0.3 is 6.18 Å². The van der Waals surface area contributed by atoms with Crippen LogP contribution < -0.4 is 15.6 Å². The average molecular weight is 389 g/mol. The minimum atomic E-state index is -4.70. The van der Waals surface area contributed by atoms with Crippen molar-refractivity contribution in [3.63, 3.8) is 0 Å². The number of halogens is 4. The van der Waals surface area contributed by atoms with E-state index in [1.807, 2.05) is 13.8 Å². The van der Waals surface area contributed by atoms with Crippen LogP contribution in [0.4, 0.5) is 18.9 Å². The second-order valence-electron chi connectivity index (χ2n) is 5.92. The van der Waals surface area contributed by atoms with Crippen LogP contribution in [0.2, 0.25) is 5.02 Å². The Kier molecular flexibility index (Phi) is 5.97. The van der Waals surface area contributed by atoms with Gasteiger partial charge in [-0.3, -0.25) is 9.59 Å². The molecule has 0 unspecified atom stereocenters. The smallest absolute Gasteiger partial charge is 0.431 e. The lowest BCUT2D eigenvalue weighted by Crippen LogP contribution is -2.25. The molecule has 0 fully saturated rings. The molecule has 0 radical (unpaired) electrons. The van der Waals surface area contributed by atoms with Gasteiger partial charge in [-0.2, -0.15) is 13.2 Å². The first kappa shape index (κ1) is 19.8. The standard InChI is InChI=1S/C17H16ClF3N2O3/c1-9(2)8-26-13-5-3-10(7-12(13)18)22-15(24)11-4-6-14(17(19,20)21)23-16(11)25/h3-7,9H,8H2,1-2H3,(H,22,24)(H,23,25). The molecule has 2 aromatic rings. The molecule has 1 aromatic heterocycles. The Labute approximate surface area is 152 Å². The molecule has 5 nitrogen and oxygen atoms in total. The molecule has 0 spiro atoms. The summed E-state index contributed by atoms with van der Waals surface area (Å²) < 4.78 is 43.1. The van der Waals surface area contributed by atoms with Crippen molar-refractivity contribution in [1.29, 1.82) is 0 Å². The van der Waals surface area contributed by atoms with Gasteiger partial charge in [0, 0.05) is 5.69 Å². The maximum absolute atomic E-state index is 12.5. The van der Waals surface area contributed by atoms with Crippen LogP contribution in [0.1, 0.15) is 29.9 Å². The first-order valence-corrected chi connectivity index (χ1v) is 8.00. The number of hydrogen-bond acceptors (Lipinski definition) is 3. The van der Waals surface area contributed by atoms with Crippen LogP contribution in [0.5, 0.6) is 5.75 Å². The third kappa shape index (κ3) is 5.01. The molecule has 0 aliphatic heterocycles. The van der Waals surface area contributed by atoms with Crippen LogP contribution in [-0.2, 0) is 6.18 Å². The molecule has 26 heavy (non-hydrogen) atoms. The molecular weight excluding hydrogens is 373 g/mol. The van der Waals surface area contributed by atoms with Gasteiger partial charge in [0.05, 0.1) is 11.6 Å². The molecule has 140 valence electrons. The van der Waals surface area contributed by atoms with E-state index in [1.54, 1.807) is 11.1 Å². The largest absolute Gasteiger partial charge is 0.492 e. The normalized spacial score (nSPS) is 11.5. The van der Waals surface area contributed by atoms with E-state index in [9.17, 15) is 22.8 Å². The number of alkyl halides is 3. The molecule has 1 amide bonds. The number of amides is 1. The Morgan fingerprint density at radius 3 is 2.50 bits per heavy atom. The van der Waals surface area contributed by atoms with Gasteiger partial charge in [0.2, 0.25) is 0 Å². The molecule has 0 aliphatic carbocycles. The quantitative estimate of drug-likeness (QED) is 0.800. The lowest BCUT2D eigenvalue weighted by molar-refractivity contribution is -0.141. The number of carbonyl (C=O) groups excluding carboxylic acids is 1. The van der Waals surface area contributed by atoms with Crippen molar-refractivity contribution >= 4 is 23.2 Å². The molecular formula is C17H16ClF3N2O3. The van der Waals surface area contributed by atoms with Crippen molar-refractivity contribution in [3.05, 3.63) is 57.0 Å². The highest BCUT2D eigenvalue weighted by atomic mass is 35.5. The zero-order valence-electron chi connectivity index (χ0n) is 13.9. The molecule has 2 N–H and O–H groups in total. The number of hydrogen-bond donors (Lipinski definition) is 2. The average Bonchev–Trinajstić information content (AvgIpc) is 2.52. The molecule has 0 aliphatic rings. The molecule has 1 heterocycles. The highest BCUT2D eigenvalue weighted by molar-refractivity contribution is 6.32. The van der Waals surface area contributed by atoms with Gasteiger partial charge in [0.15, 0.2) is 0 Å². The SMILES string of the molecule is CC(C)COc1ccc(NC(=O)c2ccc(C(F)(F)F)[nH]c2=O)cc1Cl. The molecule has 0 saturated heterocycles. The fourth-order valence-electron chi connectivity index (χ4n) is 1.97. The molecule has 2 rings (SSSR count). The molecule has 1 aromatic carbocycles. The number of aromatic nitrogens is 1. The lowest BCUT2D eigenvalue weighted by atomic mass is 10.2. The Hall–Kier alpha value is -2.48. The number of anilines is 1. The first-order chi connectivity index (χ1) is 12.1. The van der Waals surface area contributed by atoms with E-state index in [4.69, 9.17) is 16.3 Å². The number of pyridine rings is 1. The van der Waals surface area contributed by atoms with Crippen molar-refractivity contribution in [2.24, 2.45) is 5.92 Å². The fraction of sp³-hybridized carbons (Fsp3) is 0.294. The van der Waals surface area contributed by atoms with E-state index in [2.05, 4.69) is 5.32 Å². The Morgan fingerprint density at radius 1 is 1.27 bits per heavy atom. The number of rotatable bonds is 5. The molecule has 9 heteroatoms. The summed E-state index contributed by atoms with van der Waals surface area (Å²) in [5, 5.41) is 2.66. The van der Waals surface area contributed by atoms with Crippen LogP contribution >= 0.6 is 11.6 Å². The van der Waals surface area contributed by atoms with E-state index in [1.165, 1.54) is 12.1 Å². The van der Waals surface area contributed by atoms with Crippen molar-refractivity contribution in [1.82, 2.24) is 4.98 Å². The summed E-state index contributed by atoms with van der Waals surface area (Å²) in [6.07, 6.45) is -4.70. The summed E-state index contributed by atoms with van der Waals surface area (Å²) in [7, 11) is 0. The minimum Gasteiger partial charge on any atom is -0.492 e. The second kappa shape index (κ2) is 7.82. The van der Waals surface area contributed by atoms with Gasteiger partial charge in [-0.1, -0.05) is 25.4 Å². The van der Waals surface area contributed by atoms with E-state index in [-0.39, 0.29) is 10.7 Å². The predicted molar refractivity (Wildman–Crippen MR) is 91.8 cm³/mol. The zero-order valence-corrected chi connectivity index (χ0v) is 14.7. The summed E-state index contributed by atoms with van der Waals surface area (Å²) in [6.45, 7) is 4.42. The number of ether oxygens (including phenoxy) is 1. The maximum Gasteiger partial charge on any atom is 0.431 e. The number of nitrogens with one attached hydrogen (secondary N) is 2. The van der Waals surface area contributed by atoms with Crippen LogP contribution in [-0.4, -0.2) is 17.5 Å². The highest BCUT2D eigenvalue weighted by Gasteiger charge is 2.32. The fourth-order valence-corrected chi connectivity index (χ4v) is 2.20. The third-order valence-corrected chi connectivity index (χ3v) is 3.52. The van der Waals surface area contributed by atoms with Gasteiger partial charge in [0.1, 0.15) is 17.0 Å². The monoisotopic (exact) mass is 388 g/mol. The van der Waals surface area contributed by atoms with Gasteiger partial charge in [-0.25, -0.2) is 0 Å². The zero-order chi connectivity index (χ0) is 19.5. The van der Waals surface area contributed by atoms with E-state index in [0.29, 0.717) is 24.3 Å². The van der Waals surface area contributed by atoms with Gasteiger partial charge in [0.25, 0.3) is 11.5 Å². The van der Waals surface area contributed by atoms with Gasteiger partial charge in [-0.05, 0) is 36.2 Å². The van der Waals surface area contributed by atoms with Crippen LogP contribution in [0.15, 0.2) is 35.1 Å². The van der Waals surface area contributed by atoms with E-state index < -0.39 is 28.9 Å². The second-order valence-corrected chi connectivity index (χ2v) is 6.32. The van der Waals surface area contributed by atoms with E-state index in [0.717, 1.165) is 6.07 Å². The number of carbonyl (C=O) groups is 1. The van der Waals surface area contributed by atoms with Gasteiger partial charge in [-0.15, -0.1) is 0 Å². The minimum absolute atomic E-state index is 0.254. The Bertz CT molecular complexity index is 863. The molecule has 0 saturated carbocycles. The van der Waals surface area contributed by atoms with Crippen molar-refractivity contribution < 1.29 is 22.7 Å². The maximum atomic E-state index is 12.5.